The maximum atomic E-state index is 12.6. The standard InChI is InChI=1S/C17H21F3N6O/c1-12-9-15(24(2)23-12)22-16(27)11-25-5-7-26(8-6-25)14-4-3-13(10-21-14)17(18,19)20/h3-4,9-10H,5-8,11H2,1-2H3,(H,22,27). The summed E-state index contributed by atoms with van der Waals surface area (Å²) < 4.78 is 39.5. The first-order valence-electron chi connectivity index (χ1n) is 8.53. The van der Waals surface area contributed by atoms with Gasteiger partial charge in [0, 0.05) is 45.5 Å². The minimum atomic E-state index is -4.38. The summed E-state index contributed by atoms with van der Waals surface area (Å²) in [7, 11) is 1.76. The molecule has 1 aliphatic heterocycles. The topological polar surface area (TPSA) is 66.3 Å². The number of pyridine rings is 1. The Hall–Kier alpha value is -2.62. The zero-order valence-electron chi connectivity index (χ0n) is 15.1. The highest BCUT2D eigenvalue weighted by Gasteiger charge is 2.31. The zero-order valence-corrected chi connectivity index (χ0v) is 15.1. The van der Waals surface area contributed by atoms with Crippen molar-refractivity contribution in [2.75, 3.05) is 42.9 Å². The predicted molar refractivity (Wildman–Crippen MR) is 94.5 cm³/mol. The van der Waals surface area contributed by atoms with Gasteiger partial charge in [0.15, 0.2) is 0 Å². The van der Waals surface area contributed by atoms with Crippen molar-refractivity contribution >= 4 is 17.5 Å². The minimum absolute atomic E-state index is 0.126. The van der Waals surface area contributed by atoms with Crippen LogP contribution in [-0.4, -0.2) is 58.3 Å². The van der Waals surface area contributed by atoms with Gasteiger partial charge in [-0.25, -0.2) is 4.98 Å². The van der Waals surface area contributed by atoms with Crippen LogP contribution in [0.2, 0.25) is 0 Å². The summed E-state index contributed by atoms with van der Waals surface area (Å²) in [5.74, 6) is 1.03. The number of piperazine rings is 1. The maximum absolute atomic E-state index is 12.6. The van der Waals surface area contributed by atoms with Crippen LogP contribution in [0.4, 0.5) is 24.8 Å². The van der Waals surface area contributed by atoms with Gasteiger partial charge in [-0.1, -0.05) is 0 Å². The molecule has 0 unspecified atom stereocenters. The maximum Gasteiger partial charge on any atom is 0.417 e. The van der Waals surface area contributed by atoms with E-state index in [1.165, 1.54) is 6.07 Å². The largest absolute Gasteiger partial charge is 0.417 e. The number of aromatic nitrogens is 3. The number of carbonyl (C=O) groups excluding carboxylic acids is 1. The van der Waals surface area contributed by atoms with E-state index in [4.69, 9.17) is 0 Å². The molecular weight excluding hydrogens is 361 g/mol. The van der Waals surface area contributed by atoms with Crippen molar-refractivity contribution < 1.29 is 18.0 Å². The van der Waals surface area contributed by atoms with E-state index in [1.54, 1.807) is 17.8 Å². The number of alkyl halides is 3. The van der Waals surface area contributed by atoms with Gasteiger partial charge in [-0.3, -0.25) is 14.4 Å². The third kappa shape index (κ3) is 4.76. The molecule has 146 valence electrons. The predicted octanol–water partition coefficient (Wildman–Crippen LogP) is 1.90. The Morgan fingerprint density at radius 1 is 1.22 bits per heavy atom. The molecule has 1 amide bonds. The number of halogens is 3. The average Bonchev–Trinajstić information content (AvgIpc) is 2.92. The number of carbonyl (C=O) groups is 1. The number of aryl methyl sites for hydroxylation is 2. The molecule has 1 saturated heterocycles. The van der Waals surface area contributed by atoms with E-state index in [2.05, 4.69) is 15.4 Å². The molecule has 0 aromatic carbocycles. The Kier molecular flexibility index (Phi) is 5.36. The number of nitrogens with one attached hydrogen (secondary N) is 1. The third-order valence-corrected chi connectivity index (χ3v) is 4.41. The van der Waals surface area contributed by atoms with Gasteiger partial charge < -0.3 is 10.2 Å². The molecule has 7 nitrogen and oxygen atoms in total. The van der Waals surface area contributed by atoms with Crippen molar-refractivity contribution in [2.24, 2.45) is 7.05 Å². The first-order chi connectivity index (χ1) is 12.7. The molecule has 0 radical (unpaired) electrons. The van der Waals surface area contributed by atoms with E-state index in [9.17, 15) is 18.0 Å². The SMILES string of the molecule is Cc1cc(NC(=O)CN2CCN(c3ccc(C(F)(F)F)cn3)CC2)n(C)n1. The summed E-state index contributed by atoms with van der Waals surface area (Å²) in [5, 5.41) is 7.01. The van der Waals surface area contributed by atoms with E-state index < -0.39 is 11.7 Å². The summed E-state index contributed by atoms with van der Waals surface area (Å²) in [6.07, 6.45) is -3.53. The van der Waals surface area contributed by atoms with Gasteiger partial charge in [0.1, 0.15) is 11.6 Å². The Morgan fingerprint density at radius 3 is 2.44 bits per heavy atom. The first-order valence-corrected chi connectivity index (χ1v) is 8.53. The lowest BCUT2D eigenvalue weighted by molar-refractivity contribution is -0.137. The van der Waals surface area contributed by atoms with Crippen LogP contribution in [0.25, 0.3) is 0 Å². The Morgan fingerprint density at radius 2 is 1.93 bits per heavy atom. The smallest absolute Gasteiger partial charge is 0.354 e. The lowest BCUT2D eigenvalue weighted by atomic mass is 10.2. The molecule has 0 atom stereocenters. The highest BCUT2D eigenvalue weighted by molar-refractivity contribution is 5.91. The molecule has 0 bridgehead atoms. The first kappa shape index (κ1) is 19.2. The van der Waals surface area contributed by atoms with Crippen LogP contribution in [-0.2, 0) is 18.0 Å². The Bertz CT molecular complexity index is 794. The molecule has 3 heterocycles. The number of rotatable bonds is 4. The van der Waals surface area contributed by atoms with Crippen LogP contribution < -0.4 is 10.2 Å². The van der Waals surface area contributed by atoms with Crippen LogP contribution in [0.3, 0.4) is 0 Å². The molecule has 1 N–H and O–H groups in total. The van der Waals surface area contributed by atoms with Crippen molar-refractivity contribution in [3.05, 3.63) is 35.7 Å². The quantitative estimate of drug-likeness (QED) is 0.875. The summed E-state index contributed by atoms with van der Waals surface area (Å²) in [6, 6.07) is 4.22. The molecule has 0 aliphatic carbocycles. The fraction of sp³-hybridized carbons (Fsp3) is 0.471. The number of hydrogen-bond donors (Lipinski definition) is 1. The second-order valence-electron chi connectivity index (χ2n) is 6.51. The number of hydrogen-bond acceptors (Lipinski definition) is 5. The molecule has 10 heteroatoms. The molecule has 2 aromatic heterocycles. The Labute approximate surface area is 154 Å². The van der Waals surface area contributed by atoms with E-state index in [1.807, 2.05) is 16.7 Å². The summed E-state index contributed by atoms with van der Waals surface area (Å²) in [5.41, 5.74) is 0.0671. The lowest BCUT2D eigenvalue weighted by Gasteiger charge is -2.35. The van der Waals surface area contributed by atoms with Crippen molar-refractivity contribution in [1.82, 2.24) is 19.7 Å². The zero-order chi connectivity index (χ0) is 19.6. The van der Waals surface area contributed by atoms with Gasteiger partial charge >= 0.3 is 6.18 Å². The van der Waals surface area contributed by atoms with E-state index in [0.717, 1.165) is 18.0 Å². The van der Waals surface area contributed by atoms with Gasteiger partial charge in [0.25, 0.3) is 0 Å². The molecule has 0 spiro atoms. The summed E-state index contributed by atoms with van der Waals surface area (Å²) in [6.45, 7) is 4.54. The molecule has 1 fully saturated rings. The fourth-order valence-electron chi connectivity index (χ4n) is 2.99. The second kappa shape index (κ2) is 7.55. The fourth-order valence-corrected chi connectivity index (χ4v) is 2.99. The van der Waals surface area contributed by atoms with Crippen molar-refractivity contribution in [3.8, 4) is 0 Å². The molecule has 1 aliphatic rings. The van der Waals surface area contributed by atoms with Crippen molar-refractivity contribution in [1.29, 1.82) is 0 Å². The molecular formula is C17H21F3N6O. The van der Waals surface area contributed by atoms with E-state index in [-0.39, 0.29) is 12.5 Å². The van der Waals surface area contributed by atoms with Gasteiger partial charge in [0.05, 0.1) is 17.8 Å². The van der Waals surface area contributed by atoms with Crippen LogP contribution >= 0.6 is 0 Å². The van der Waals surface area contributed by atoms with Crippen LogP contribution in [0.15, 0.2) is 24.4 Å². The van der Waals surface area contributed by atoms with Crippen LogP contribution in [0, 0.1) is 6.92 Å². The summed E-state index contributed by atoms with van der Waals surface area (Å²) in [4.78, 5) is 20.0. The lowest BCUT2D eigenvalue weighted by Crippen LogP contribution is -2.49. The van der Waals surface area contributed by atoms with Gasteiger partial charge in [-0.05, 0) is 19.1 Å². The molecule has 2 aromatic rings. The third-order valence-electron chi connectivity index (χ3n) is 4.41. The average molecular weight is 382 g/mol. The summed E-state index contributed by atoms with van der Waals surface area (Å²) >= 11 is 0. The number of anilines is 2. The van der Waals surface area contributed by atoms with E-state index >= 15 is 0 Å². The number of amides is 1. The highest BCUT2D eigenvalue weighted by atomic mass is 19.4. The molecule has 0 saturated carbocycles. The van der Waals surface area contributed by atoms with Crippen LogP contribution in [0.5, 0.6) is 0 Å². The minimum Gasteiger partial charge on any atom is -0.354 e. The molecule has 3 rings (SSSR count). The monoisotopic (exact) mass is 382 g/mol. The second-order valence-corrected chi connectivity index (χ2v) is 6.51. The normalized spacial score (nSPS) is 15.8. The van der Waals surface area contributed by atoms with Crippen molar-refractivity contribution in [3.63, 3.8) is 0 Å². The Balaban J connectivity index is 1.50. The van der Waals surface area contributed by atoms with Crippen molar-refractivity contribution in [2.45, 2.75) is 13.1 Å². The highest BCUT2D eigenvalue weighted by Crippen LogP contribution is 2.29. The van der Waals surface area contributed by atoms with Crippen LogP contribution in [0.1, 0.15) is 11.3 Å². The van der Waals surface area contributed by atoms with Gasteiger partial charge in [0.2, 0.25) is 5.91 Å². The van der Waals surface area contributed by atoms with Gasteiger partial charge in [-0.15, -0.1) is 0 Å². The number of nitrogens with zero attached hydrogens (tertiary/aromatic N) is 5. The van der Waals surface area contributed by atoms with Gasteiger partial charge in [-0.2, -0.15) is 18.3 Å². The van der Waals surface area contributed by atoms with E-state index in [0.29, 0.717) is 37.8 Å². The molecule has 27 heavy (non-hydrogen) atoms.